The Kier molecular flexibility index (Phi) is 6.10. The third-order valence-corrected chi connectivity index (χ3v) is 5.46. The van der Waals surface area contributed by atoms with Crippen LogP contribution in [0.15, 0.2) is 48.5 Å². The smallest absolute Gasteiger partial charge is 0.407 e. The Morgan fingerprint density at radius 2 is 1.57 bits per heavy atom. The number of fused-ring (bicyclic) bond motifs is 3. The lowest BCUT2D eigenvalue weighted by Crippen LogP contribution is -2.51. The van der Waals surface area contributed by atoms with Gasteiger partial charge in [0.2, 0.25) is 0 Å². The third kappa shape index (κ3) is 4.30. The molecule has 0 saturated carbocycles. The first-order valence-corrected chi connectivity index (χ1v) is 9.65. The summed E-state index contributed by atoms with van der Waals surface area (Å²) in [5.74, 6) is -1.94. The minimum Gasteiger partial charge on any atom is -0.480 e. The Hall–Kier alpha value is -3.35. The van der Waals surface area contributed by atoms with E-state index in [1.54, 1.807) is 13.8 Å². The molecular weight excluding hydrogens is 386 g/mol. The van der Waals surface area contributed by atoms with E-state index >= 15 is 0 Å². The summed E-state index contributed by atoms with van der Waals surface area (Å²) >= 11 is 0. The predicted octanol–water partition coefficient (Wildman–Crippen LogP) is 3.57. The van der Waals surface area contributed by atoms with Gasteiger partial charge in [0.1, 0.15) is 12.6 Å². The summed E-state index contributed by atoms with van der Waals surface area (Å²) in [5.41, 5.74) is 3.26. The number of hydrogen-bond donors (Lipinski definition) is 2. The maximum Gasteiger partial charge on any atom is 0.407 e. The van der Waals surface area contributed by atoms with Gasteiger partial charge in [-0.2, -0.15) is 0 Å². The normalized spacial score (nSPS) is 13.7. The van der Waals surface area contributed by atoms with Crippen molar-refractivity contribution >= 4 is 18.0 Å². The van der Waals surface area contributed by atoms with E-state index in [-0.39, 0.29) is 18.9 Å². The summed E-state index contributed by atoms with van der Waals surface area (Å²) in [5, 5.41) is 12.0. The van der Waals surface area contributed by atoms with E-state index < -0.39 is 29.5 Å². The lowest BCUT2D eigenvalue weighted by Gasteiger charge is -2.30. The molecule has 0 aliphatic heterocycles. The molecule has 7 heteroatoms. The van der Waals surface area contributed by atoms with E-state index in [0.717, 1.165) is 22.3 Å². The van der Waals surface area contributed by atoms with Gasteiger partial charge in [0, 0.05) is 11.3 Å². The number of carboxylic acids is 1. The van der Waals surface area contributed by atoms with Gasteiger partial charge in [0.25, 0.3) is 0 Å². The minimum atomic E-state index is -1.31. The van der Waals surface area contributed by atoms with Crippen LogP contribution < -0.4 is 5.32 Å². The number of nitrogens with one attached hydrogen (secondary N) is 1. The second-order valence-electron chi connectivity index (χ2n) is 7.98. The number of carbonyl (C=O) groups excluding carboxylic acids is 2. The maximum atomic E-state index is 12.4. The van der Waals surface area contributed by atoms with Crippen molar-refractivity contribution < 1.29 is 29.0 Å². The second-order valence-corrected chi connectivity index (χ2v) is 7.98. The zero-order valence-electron chi connectivity index (χ0n) is 17.2. The van der Waals surface area contributed by atoms with E-state index in [4.69, 9.17) is 4.74 Å². The number of esters is 1. The van der Waals surface area contributed by atoms with Crippen LogP contribution in [0.1, 0.15) is 37.3 Å². The number of alkyl carbamates (subject to hydrolysis) is 1. The number of methoxy groups -OCH3 is 1. The number of benzene rings is 2. The molecule has 1 amide bonds. The highest BCUT2D eigenvalue weighted by molar-refractivity contribution is 5.82. The largest absolute Gasteiger partial charge is 0.480 e. The molecule has 30 heavy (non-hydrogen) atoms. The number of carboxylic acid groups (broad SMARTS) is 1. The van der Waals surface area contributed by atoms with Crippen molar-refractivity contribution in [1.29, 1.82) is 0 Å². The first-order chi connectivity index (χ1) is 14.2. The molecule has 2 aromatic rings. The lowest BCUT2D eigenvalue weighted by atomic mass is 9.81. The molecule has 1 aliphatic carbocycles. The molecule has 7 nitrogen and oxygen atoms in total. The topological polar surface area (TPSA) is 102 Å². The molecule has 0 saturated heterocycles. The van der Waals surface area contributed by atoms with Gasteiger partial charge in [-0.15, -0.1) is 0 Å². The van der Waals surface area contributed by atoms with E-state index in [2.05, 4.69) is 10.1 Å². The predicted molar refractivity (Wildman–Crippen MR) is 110 cm³/mol. The van der Waals surface area contributed by atoms with E-state index in [1.807, 2.05) is 48.5 Å². The average Bonchev–Trinajstić information content (AvgIpc) is 3.03. The zero-order chi connectivity index (χ0) is 21.9. The van der Waals surface area contributed by atoms with E-state index in [1.165, 1.54) is 7.11 Å². The molecule has 1 aliphatic rings. The molecule has 158 valence electrons. The van der Waals surface area contributed by atoms with Gasteiger partial charge in [-0.1, -0.05) is 62.4 Å². The standard InChI is InChI=1S/C23H25NO6/c1-23(2,12-19(25)29-3)20(21(26)27)24-22(28)30-13-18-16-10-6-4-8-14(16)15-9-5-7-11-17(15)18/h4-11,18,20H,12-13H2,1-3H3,(H,24,28)(H,26,27)/t20-/m1/s1. The molecule has 0 unspecified atom stereocenters. The van der Waals surface area contributed by atoms with Crippen molar-refractivity contribution in [3.63, 3.8) is 0 Å². The highest BCUT2D eigenvalue weighted by Crippen LogP contribution is 2.44. The zero-order valence-corrected chi connectivity index (χ0v) is 17.2. The molecule has 0 spiro atoms. The van der Waals surface area contributed by atoms with Crippen molar-refractivity contribution in [2.45, 2.75) is 32.2 Å². The van der Waals surface area contributed by atoms with Gasteiger partial charge in [-0.3, -0.25) is 4.79 Å². The van der Waals surface area contributed by atoms with Gasteiger partial charge < -0.3 is 19.9 Å². The molecule has 1 atom stereocenters. The molecular formula is C23H25NO6. The number of amides is 1. The minimum absolute atomic E-state index is 0.0730. The van der Waals surface area contributed by atoms with Crippen LogP contribution >= 0.6 is 0 Å². The lowest BCUT2D eigenvalue weighted by molar-refractivity contribution is -0.147. The number of aliphatic carboxylic acids is 1. The molecule has 0 heterocycles. The van der Waals surface area contributed by atoms with Crippen LogP contribution in [0.2, 0.25) is 0 Å². The van der Waals surface area contributed by atoms with Crippen molar-refractivity contribution in [3.8, 4) is 11.1 Å². The Morgan fingerprint density at radius 3 is 2.07 bits per heavy atom. The Morgan fingerprint density at radius 1 is 1.03 bits per heavy atom. The maximum absolute atomic E-state index is 12.4. The number of rotatable bonds is 7. The van der Waals surface area contributed by atoms with Gasteiger partial charge in [-0.05, 0) is 22.3 Å². The SMILES string of the molecule is COC(=O)CC(C)(C)[C@H](NC(=O)OCC1c2ccccc2-c2ccccc21)C(=O)O. The van der Waals surface area contributed by atoms with Crippen LogP contribution in [0.3, 0.4) is 0 Å². The van der Waals surface area contributed by atoms with Crippen LogP contribution in [0.4, 0.5) is 4.79 Å². The highest BCUT2D eigenvalue weighted by Gasteiger charge is 2.39. The van der Waals surface area contributed by atoms with Gasteiger partial charge >= 0.3 is 18.0 Å². The highest BCUT2D eigenvalue weighted by atomic mass is 16.5. The van der Waals surface area contributed by atoms with E-state index in [9.17, 15) is 19.5 Å². The van der Waals surface area contributed by atoms with Gasteiger partial charge in [-0.25, -0.2) is 9.59 Å². The molecule has 0 bridgehead atoms. The van der Waals surface area contributed by atoms with Crippen molar-refractivity contribution in [2.75, 3.05) is 13.7 Å². The quantitative estimate of drug-likeness (QED) is 0.676. The summed E-state index contributed by atoms with van der Waals surface area (Å²) in [4.78, 5) is 35.8. The fourth-order valence-corrected chi connectivity index (χ4v) is 3.90. The molecule has 0 fully saturated rings. The van der Waals surface area contributed by atoms with Crippen LogP contribution in [-0.2, 0) is 19.1 Å². The Labute approximate surface area is 175 Å². The molecule has 2 aromatic carbocycles. The van der Waals surface area contributed by atoms with Crippen molar-refractivity contribution in [1.82, 2.24) is 5.32 Å². The molecule has 0 aromatic heterocycles. The molecule has 0 radical (unpaired) electrons. The van der Waals surface area contributed by atoms with Crippen LogP contribution in [0.5, 0.6) is 0 Å². The fraction of sp³-hybridized carbons (Fsp3) is 0.348. The number of carbonyl (C=O) groups is 3. The summed E-state index contributed by atoms with van der Waals surface area (Å²) in [6.07, 6.45) is -1.01. The Balaban J connectivity index is 1.71. The second kappa shape index (κ2) is 8.57. The molecule has 2 N–H and O–H groups in total. The number of hydrogen-bond acceptors (Lipinski definition) is 5. The molecule has 3 rings (SSSR count). The monoisotopic (exact) mass is 411 g/mol. The van der Waals surface area contributed by atoms with E-state index in [0.29, 0.717) is 0 Å². The Bertz CT molecular complexity index is 922. The summed E-state index contributed by atoms with van der Waals surface area (Å²) in [6, 6.07) is 14.6. The fourth-order valence-electron chi connectivity index (χ4n) is 3.90. The van der Waals surface area contributed by atoms with Crippen molar-refractivity contribution in [2.24, 2.45) is 5.41 Å². The summed E-state index contributed by atoms with van der Waals surface area (Å²) < 4.78 is 10.0. The summed E-state index contributed by atoms with van der Waals surface area (Å²) in [6.45, 7) is 3.22. The van der Waals surface area contributed by atoms with Crippen LogP contribution in [-0.4, -0.2) is 42.9 Å². The first-order valence-electron chi connectivity index (χ1n) is 9.65. The third-order valence-electron chi connectivity index (χ3n) is 5.46. The van der Waals surface area contributed by atoms with Gasteiger partial charge in [0.05, 0.1) is 13.5 Å². The average molecular weight is 411 g/mol. The van der Waals surface area contributed by atoms with Crippen molar-refractivity contribution in [3.05, 3.63) is 59.7 Å². The summed E-state index contributed by atoms with van der Waals surface area (Å²) in [7, 11) is 1.23. The van der Waals surface area contributed by atoms with Crippen LogP contribution in [0, 0.1) is 5.41 Å². The first kappa shape index (κ1) is 21.4. The number of ether oxygens (including phenoxy) is 2. The van der Waals surface area contributed by atoms with Gasteiger partial charge in [0.15, 0.2) is 0 Å². The van der Waals surface area contributed by atoms with Crippen LogP contribution in [0.25, 0.3) is 11.1 Å².